The molecule has 0 aliphatic carbocycles. The maximum absolute atomic E-state index is 12.7. The lowest BCUT2D eigenvalue weighted by Gasteiger charge is -2.33. The molecular formula is C19H18N2O4. The molecule has 1 N–H and O–H groups in total. The number of phenols is 1. The van der Waals surface area contributed by atoms with Crippen LogP contribution in [0.15, 0.2) is 53.1 Å². The van der Waals surface area contributed by atoms with Gasteiger partial charge in [-0.1, -0.05) is 29.4 Å². The van der Waals surface area contributed by atoms with Gasteiger partial charge in [0.25, 0.3) is 0 Å². The van der Waals surface area contributed by atoms with Gasteiger partial charge in [0.2, 0.25) is 5.91 Å². The molecule has 0 bridgehead atoms. The van der Waals surface area contributed by atoms with Crippen molar-refractivity contribution >= 4 is 16.9 Å². The van der Waals surface area contributed by atoms with E-state index in [0.717, 1.165) is 10.9 Å². The summed E-state index contributed by atoms with van der Waals surface area (Å²) in [7, 11) is 0. The Morgan fingerprint density at radius 3 is 3.00 bits per heavy atom. The first-order valence-electron chi connectivity index (χ1n) is 8.22. The molecule has 25 heavy (non-hydrogen) atoms. The number of aromatic nitrogens is 1. The van der Waals surface area contributed by atoms with Crippen LogP contribution in [-0.2, 0) is 16.0 Å². The van der Waals surface area contributed by atoms with E-state index < -0.39 is 0 Å². The Kier molecular flexibility index (Phi) is 4.11. The fraction of sp³-hybridized carbons (Fsp3) is 0.263. The van der Waals surface area contributed by atoms with Crippen LogP contribution in [0.4, 0.5) is 0 Å². The Balaban J connectivity index is 1.48. The first-order chi connectivity index (χ1) is 12.2. The second kappa shape index (κ2) is 6.57. The number of phenolic OH excluding ortho intramolecular Hbond substituents is 1. The Morgan fingerprint density at radius 2 is 2.12 bits per heavy atom. The van der Waals surface area contributed by atoms with Gasteiger partial charge in [0, 0.05) is 11.9 Å². The second-order valence-corrected chi connectivity index (χ2v) is 6.10. The number of carbonyl (C=O) groups is 1. The number of nitrogens with zero attached hydrogens (tertiary/aromatic N) is 2. The number of rotatable bonds is 3. The molecule has 128 valence electrons. The van der Waals surface area contributed by atoms with Crippen LogP contribution in [0, 0.1) is 0 Å². The van der Waals surface area contributed by atoms with E-state index >= 15 is 0 Å². The highest BCUT2D eigenvalue weighted by molar-refractivity contribution is 5.86. The fourth-order valence-electron chi connectivity index (χ4n) is 3.12. The van der Waals surface area contributed by atoms with Crippen molar-refractivity contribution in [3.05, 3.63) is 59.8 Å². The average molecular weight is 338 g/mol. The third kappa shape index (κ3) is 3.21. The van der Waals surface area contributed by atoms with Crippen LogP contribution >= 0.6 is 0 Å². The molecule has 1 aliphatic rings. The van der Waals surface area contributed by atoms with E-state index in [1.165, 1.54) is 0 Å². The molecule has 0 radical (unpaired) electrons. The van der Waals surface area contributed by atoms with E-state index in [4.69, 9.17) is 9.26 Å². The number of hydrogen-bond donors (Lipinski definition) is 1. The van der Waals surface area contributed by atoms with E-state index in [2.05, 4.69) is 5.16 Å². The summed E-state index contributed by atoms with van der Waals surface area (Å²) >= 11 is 0. The first kappa shape index (κ1) is 15.7. The van der Waals surface area contributed by atoms with Crippen LogP contribution in [-0.4, -0.2) is 40.8 Å². The van der Waals surface area contributed by atoms with Crippen molar-refractivity contribution in [2.24, 2.45) is 0 Å². The van der Waals surface area contributed by atoms with Gasteiger partial charge in [-0.25, -0.2) is 0 Å². The highest BCUT2D eigenvalue weighted by Gasteiger charge is 2.26. The van der Waals surface area contributed by atoms with Crippen molar-refractivity contribution in [3.63, 3.8) is 0 Å². The molecule has 1 unspecified atom stereocenters. The number of carbonyl (C=O) groups excluding carboxylic acids is 1. The Labute approximate surface area is 144 Å². The zero-order valence-electron chi connectivity index (χ0n) is 13.6. The lowest BCUT2D eigenvalue weighted by atomic mass is 10.1. The topological polar surface area (TPSA) is 75.8 Å². The zero-order chi connectivity index (χ0) is 17.2. The number of fused-ring (bicyclic) bond motifs is 1. The quantitative estimate of drug-likeness (QED) is 0.794. The largest absolute Gasteiger partial charge is 0.508 e. The van der Waals surface area contributed by atoms with Gasteiger partial charge in [-0.3, -0.25) is 4.79 Å². The van der Waals surface area contributed by atoms with Crippen LogP contribution in [0.3, 0.4) is 0 Å². The predicted molar refractivity (Wildman–Crippen MR) is 91.1 cm³/mol. The molecule has 3 aromatic rings. The van der Waals surface area contributed by atoms with Crippen LogP contribution in [0.2, 0.25) is 0 Å². The molecule has 0 spiro atoms. The molecular weight excluding hydrogens is 320 g/mol. The highest BCUT2D eigenvalue weighted by Crippen LogP contribution is 2.26. The summed E-state index contributed by atoms with van der Waals surface area (Å²) in [4.78, 5) is 14.5. The Bertz CT molecular complexity index is 905. The molecule has 4 rings (SSSR count). The molecule has 1 fully saturated rings. The van der Waals surface area contributed by atoms with E-state index in [1.54, 1.807) is 23.1 Å². The Morgan fingerprint density at radius 1 is 1.24 bits per heavy atom. The van der Waals surface area contributed by atoms with Crippen molar-refractivity contribution < 1.29 is 19.2 Å². The maximum Gasteiger partial charge on any atom is 0.228 e. The number of para-hydroxylation sites is 1. The summed E-state index contributed by atoms with van der Waals surface area (Å²) in [5.41, 5.74) is 2.20. The van der Waals surface area contributed by atoms with Crippen molar-refractivity contribution in [2.75, 3.05) is 19.7 Å². The molecule has 1 aliphatic heterocycles. The highest BCUT2D eigenvalue weighted by atomic mass is 16.5. The van der Waals surface area contributed by atoms with E-state index in [0.29, 0.717) is 31.0 Å². The number of hydrogen-bond acceptors (Lipinski definition) is 5. The van der Waals surface area contributed by atoms with Gasteiger partial charge >= 0.3 is 0 Å². The minimum absolute atomic E-state index is 0.00694. The predicted octanol–water partition coefficient (Wildman–Crippen LogP) is 2.68. The lowest BCUT2D eigenvalue weighted by Crippen LogP contribution is -2.43. The lowest BCUT2D eigenvalue weighted by molar-refractivity contribution is -0.138. The molecule has 1 saturated heterocycles. The van der Waals surface area contributed by atoms with Gasteiger partial charge in [-0.15, -0.1) is 0 Å². The number of amides is 1. The van der Waals surface area contributed by atoms with Crippen LogP contribution < -0.4 is 0 Å². The van der Waals surface area contributed by atoms with Crippen molar-refractivity contribution in [3.8, 4) is 5.75 Å². The van der Waals surface area contributed by atoms with Crippen LogP contribution in [0.25, 0.3) is 11.0 Å². The van der Waals surface area contributed by atoms with E-state index in [-0.39, 0.29) is 24.2 Å². The maximum atomic E-state index is 12.7. The monoisotopic (exact) mass is 338 g/mol. The van der Waals surface area contributed by atoms with Gasteiger partial charge < -0.3 is 19.3 Å². The zero-order valence-corrected chi connectivity index (χ0v) is 13.6. The van der Waals surface area contributed by atoms with Crippen molar-refractivity contribution in [2.45, 2.75) is 12.5 Å². The molecule has 2 heterocycles. The standard InChI is InChI=1S/C19H18N2O4/c22-14-5-3-4-13(10-14)18-12-21(8-9-24-18)19(23)11-16-15-6-1-2-7-17(15)25-20-16/h1-7,10,18,22H,8-9,11-12H2. The first-order valence-corrected chi connectivity index (χ1v) is 8.22. The minimum atomic E-state index is -0.237. The average Bonchev–Trinajstić information content (AvgIpc) is 3.05. The number of benzene rings is 2. The van der Waals surface area contributed by atoms with Gasteiger partial charge in [0.15, 0.2) is 5.58 Å². The van der Waals surface area contributed by atoms with Gasteiger partial charge in [-0.2, -0.15) is 0 Å². The minimum Gasteiger partial charge on any atom is -0.508 e. The fourth-order valence-corrected chi connectivity index (χ4v) is 3.12. The number of morpholine rings is 1. The van der Waals surface area contributed by atoms with E-state index in [1.807, 2.05) is 30.3 Å². The molecule has 1 atom stereocenters. The smallest absolute Gasteiger partial charge is 0.228 e. The van der Waals surface area contributed by atoms with Crippen LogP contribution in [0.1, 0.15) is 17.4 Å². The second-order valence-electron chi connectivity index (χ2n) is 6.10. The molecule has 0 saturated carbocycles. The molecule has 1 amide bonds. The number of aromatic hydroxyl groups is 1. The third-order valence-corrected chi connectivity index (χ3v) is 4.43. The summed E-state index contributed by atoms with van der Waals surface area (Å²) in [6.45, 7) is 1.47. The van der Waals surface area contributed by atoms with Gasteiger partial charge in [-0.05, 0) is 29.8 Å². The van der Waals surface area contributed by atoms with E-state index in [9.17, 15) is 9.90 Å². The summed E-state index contributed by atoms with van der Waals surface area (Å²) in [5.74, 6) is 0.186. The SMILES string of the molecule is O=C(Cc1noc2ccccc12)N1CCOC(c2cccc(O)c2)C1. The normalized spacial score (nSPS) is 17.8. The van der Waals surface area contributed by atoms with Gasteiger partial charge in [0.1, 0.15) is 17.5 Å². The molecule has 6 heteroatoms. The van der Waals surface area contributed by atoms with Crippen molar-refractivity contribution in [1.82, 2.24) is 10.1 Å². The Hall–Kier alpha value is -2.86. The van der Waals surface area contributed by atoms with Crippen molar-refractivity contribution in [1.29, 1.82) is 0 Å². The molecule has 2 aromatic carbocycles. The molecule has 1 aromatic heterocycles. The summed E-state index contributed by atoms with van der Waals surface area (Å²) in [6.07, 6.45) is -0.0390. The van der Waals surface area contributed by atoms with Crippen LogP contribution in [0.5, 0.6) is 5.75 Å². The summed E-state index contributed by atoms with van der Waals surface area (Å²) in [5, 5.41) is 14.5. The van der Waals surface area contributed by atoms with Gasteiger partial charge in [0.05, 0.1) is 19.6 Å². The molecule has 6 nitrogen and oxygen atoms in total. The number of ether oxygens (including phenoxy) is 1. The third-order valence-electron chi connectivity index (χ3n) is 4.43. The summed E-state index contributed by atoms with van der Waals surface area (Å²) < 4.78 is 11.0. The summed E-state index contributed by atoms with van der Waals surface area (Å²) in [6, 6.07) is 14.5.